The van der Waals surface area contributed by atoms with Crippen LogP contribution in [0.25, 0.3) is 10.2 Å². The predicted octanol–water partition coefficient (Wildman–Crippen LogP) is 4.37. The summed E-state index contributed by atoms with van der Waals surface area (Å²) >= 11 is 7.06. The molecular formula is C16H13ClN2O2S. The van der Waals surface area contributed by atoms with Gasteiger partial charge in [0, 0.05) is 16.1 Å². The lowest BCUT2D eigenvalue weighted by Crippen LogP contribution is -2.08. The highest BCUT2D eigenvalue weighted by Gasteiger charge is 2.20. The summed E-state index contributed by atoms with van der Waals surface area (Å²) in [6, 6.07) is 8.54. The molecule has 112 valence electrons. The molecule has 6 heteroatoms. The first kappa shape index (κ1) is 14.8. The van der Waals surface area contributed by atoms with E-state index < -0.39 is 5.97 Å². The Balaban J connectivity index is 1.99. The fourth-order valence-corrected chi connectivity index (χ4v) is 3.50. The maximum Gasteiger partial charge on any atom is 0.355 e. The molecule has 0 aliphatic heterocycles. The van der Waals surface area contributed by atoms with Crippen molar-refractivity contribution in [3.8, 4) is 5.75 Å². The van der Waals surface area contributed by atoms with Crippen molar-refractivity contribution < 1.29 is 9.53 Å². The molecule has 0 bridgehead atoms. The number of hydrogen-bond donors (Lipinski definition) is 1. The van der Waals surface area contributed by atoms with Gasteiger partial charge in [-0.3, -0.25) is 0 Å². The zero-order chi connectivity index (χ0) is 15.9. The van der Waals surface area contributed by atoms with Gasteiger partial charge in [-0.25, -0.2) is 9.78 Å². The van der Waals surface area contributed by atoms with Crippen molar-refractivity contribution in [1.82, 2.24) is 4.98 Å². The van der Waals surface area contributed by atoms with Crippen LogP contribution in [0.3, 0.4) is 0 Å². The van der Waals surface area contributed by atoms with Gasteiger partial charge >= 0.3 is 5.97 Å². The van der Waals surface area contributed by atoms with Crippen LogP contribution in [0.15, 0.2) is 30.3 Å². The quantitative estimate of drug-likeness (QED) is 0.559. The molecular weight excluding hydrogens is 320 g/mol. The lowest BCUT2D eigenvalue weighted by molar-refractivity contribution is 0.0741. The molecule has 3 rings (SSSR count). The maximum absolute atomic E-state index is 12.3. The zero-order valence-corrected chi connectivity index (χ0v) is 13.6. The molecule has 0 aliphatic rings. The Morgan fingerprint density at radius 2 is 1.95 bits per heavy atom. The number of carbonyl (C=O) groups is 1. The van der Waals surface area contributed by atoms with Crippen molar-refractivity contribution in [2.45, 2.75) is 13.8 Å². The second-order valence-electron chi connectivity index (χ2n) is 4.95. The van der Waals surface area contributed by atoms with Gasteiger partial charge in [0.05, 0.1) is 5.69 Å². The molecule has 0 spiro atoms. The third-order valence-corrected chi connectivity index (χ3v) is 4.57. The Hall–Kier alpha value is -2.11. The number of carbonyl (C=O) groups excluding carboxylic acids is 1. The summed E-state index contributed by atoms with van der Waals surface area (Å²) in [4.78, 5) is 17.9. The van der Waals surface area contributed by atoms with Crippen LogP contribution >= 0.6 is 22.9 Å². The molecule has 3 aromatic rings. The molecule has 0 amide bonds. The van der Waals surface area contributed by atoms with Crippen molar-refractivity contribution in [1.29, 1.82) is 0 Å². The van der Waals surface area contributed by atoms with E-state index in [2.05, 4.69) is 4.98 Å². The number of thiophene rings is 1. The summed E-state index contributed by atoms with van der Waals surface area (Å²) < 4.78 is 5.34. The number of hydrogen-bond acceptors (Lipinski definition) is 5. The molecule has 1 aromatic carbocycles. The van der Waals surface area contributed by atoms with Crippen molar-refractivity contribution in [2.24, 2.45) is 0 Å². The average molecular weight is 333 g/mol. The normalized spacial score (nSPS) is 10.9. The van der Waals surface area contributed by atoms with Gasteiger partial charge in [-0.2, -0.15) is 0 Å². The molecule has 0 saturated carbocycles. The Bertz CT molecular complexity index is 872. The van der Waals surface area contributed by atoms with Crippen LogP contribution in [-0.2, 0) is 0 Å². The molecule has 0 radical (unpaired) electrons. The van der Waals surface area contributed by atoms with E-state index in [1.165, 1.54) is 11.3 Å². The molecule has 0 aliphatic carbocycles. The fourth-order valence-electron chi connectivity index (χ4n) is 2.28. The summed E-state index contributed by atoms with van der Waals surface area (Å²) in [7, 11) is 0. The zero-order valence-electron chi connectivity index (χ0n) is 12.0. The first-order valence-corrected chi connectivity index (χ1v) is 7.79. The number of ether oxygens (including phenoxy) is 1. The van der Waals surface area contributed by atoms with Crippen LogP contribution in [0.2, 0.25) is 5.02 Å². The third-order valence-electron chi connectivity index (χ3n) is 3.23. The number of aryl methyl sites for hydroxylation is 2. The standard InChI is InChI=1S/C16H13ClN2O2S/c1-8-7-9(2)19-15-12(8)13(18)14(22-15)16(20)21-11-5-3-10(17)4-6-11/h3-7H,18H2,1-2H3. The van der Waals surface area contributed by atoms with Crippen molar-refractivity contribution in [2.75, 3.05) is 5.73 Å². The number of aromatic nitrogens is 1. The summed E-state index contributed by atoms with van der Waals surface area (Å²) in [5.74, 6) is -0.0630. The fraction of sp³-hybridized carbons (Fsp3) is 0.125. The largest absolute Gasteiger partial charge is 0.422 e. The molecule has 0 unspecified atom stereocenters. The number of pyridine rings is 1. The predicted molar refractivity (Wildman–Crippen MR) is 89.9 cm³/mol. The Labute approximate surface area is 136 Å². The van der Waals surface area contributed by atoms with Crippen LogP contribution in [-0.4, -0.2) is 11.0 Å². The minimum absolute atomic E-state index is 0.367. The van der Waals surface area contributed by atoms with E-state index >= 15 is 0 Å². The van der Waals surface area contributed by atoms with Crippen molar-refractivity contribution in [3.63, 3.8) is 0 Å². The molecule has 0 saturated heterocycles. The van der Waals surface area contributed by atoms with Crippen LogP contribution < -0.4 is 10.5 Å². The van der Waals surface area contributed by atoms with Crippen molar-refractivity contribution in [3.05, 3.63) is 51.5 Å². The van der Waals surface area contributed by atoms with Gasteiger partial charge in [-0.15, -0.1) is 11.3 Å². The minimum Gasteiger partial charge on any atom is -0.422 e. The highest BCUT2D eigenvalue weighted by Crippen LogP contribution is 2.35. The number of nitrogen functional groups attached to an aromatic ring is 1. The first-order valence-electron chi connectivity index (χ1n) is 6.59. The monoisotopic (exact) mass is 332 g/mol. The van der Waals surface area contributed by atoms with Crippen LogP contribution in [0.5, 0.6) is 5.75 Å². The molecule has 2 heterocycles. The average Bonchev–Trinajstić information content (AvgIpc) is 2.78. The van der Waals surface area contributed by atoms with Gasteiger partial charge in [-0.05, 0) is 49.7 Å². The number of fused-ring (bicyclic) bond motifs is 1. The van der Waals surface area contributed by atoms with Crippen LogP contribution in [0, 0.1) is 13.8 Å². The lowest BCUT2D eigenvalue weighted by atomic mass is 10.1. The number of anilines is 1. The van der Waals surface area contributed by atoms with E-state index in [4.69, 9.17) is 22.1 Å². The topological polar surface area (TPSA) is 65.2 Å². The summed E-state index contributed by atoms with van der Waals surface area (Å²) in [6.07, 6.45) is 0. The van der Waals surface area contributed by atoms with Crippen molar-refractivity contribution >= 4 is 44.8 Å². The molecule has 4 nitrogen and oxygen atoms in total. The third kappa shape index (κ3) is 2.65. The van der Waals surface area contributed by atoms with Gasteiger partial charge in [0.25, 0.3) is 0 Å². The van der Waals surface area contributed by atoms with Gasteiger partial charge in [0.2, 0.25) is 0 Å². The van der Waals surface area contributed by atoms with E-state index in [1.54, 1.807) is 24.3 Å². The minimum atomic E-state index is -0.486. The van der Waals surface area contributed by atoms with E-state index in [0.29, 0.717) is 21.3 Å². The Kier molecular flexibility index (Phi) is 3.76. The van der Waals surface area contributed by atoms with E-state index in [1.807, 2.05) is 19.9 Å². The number of rotatable bonds is 2. The SMILES string of the molecule is Cc1cc(C)c2c(N)c(C(=O)Oc3ccc(Cl)cc3)sc2n1. The molecule has 22 heavy (non-hydrogen) atoms. The smallest absolute Gasteiger partial charge is 0.355 e. The Morgan fingerprint density at radius 1 is 1.27 bits per heavy atom. The van der Waals surface area contributed by atoms with Gasteiger partial charge in [0.1, 0.15) is 15.5 Å². The molecule has 2 aromatic heterocycles. The first-order chi connectivity index (χ1) is 10.5. The number of halogens is 1. The summed E-state index contributed by atoms with van der Waals surface area (Å²) in [5.41, 5.74) is 8.43. The van der Waals surface area contributed by atoms with Crippen LogP contribution in [0.4, 0.5) is 5.69 Å². The van der Waals surface area contributed by atoms with E-state index in [9.17, 15) is 4.79 Å². The second kappa shape index (κ2) is 5.59. The molecule has 0 atom stereocenters. The number of esters is 1. The summed E-state index contributed by atoms with van der Waals surface area (Å²) in [6.45, 7) is 3.86. The molecule has 2 N–H and O–H groups in total. The summed E-state index contributed by atoms with van der Waals surface area (Å²) in [5, 5.41) is 1.40. The highest BCUT2D eigenvalue weighted by atomic mass is 35.5. The van der Waals surface area contributed by atoms with E-state index in [0.717, 1.165) is 21.5 Å². The van der Waals surface area contributed by atoms with Crippen LogP contribution in [0.1, 0.15) is 20.9 Å². The van der Waals surface area contributed by atoms with E-state index in [-0.39, 0.29) is 0 Å². The second-order valence-corrected chi connectivity index (χ2v) is 6.38. The number of benzene rings is 1. The number of nitrogens with zero attached hydrogens (tertiary/aromatic N) is 1. The maximum atomic E-state index is 12.3. The van der Waals surface area contributed by atoms with Gasteiger partial charge in [0.15, 0.2) is 0 Å². The number of nitrogens with two attached hydrogens (primary N) is 1. The molecule has 0 fully saturated rings. The van der Waals surface area contributed by atoms with Gasteiger partial charge in [-0.1, -0.05) is 11.6 Å². The highest BCUT2D eigenvalue weighted by molar-refractivity contribution is 7.21. The lowest BCUT2D eigenvalue weighted by Gasteiger charge is -2.03. The van der Waals surface area contributed by atoms with Gasteiger partial charge < -0.3 is 10.5 Å². The Morgan fingerprint density at radius 3 is 2.64 bits per heavy atom.